The van der Waals surface area contributed by atoms with E-state index in [4.69, 9.17) is 16.3 Å². The first-order chi connectivity index (χ1) is 8.52. The predicted molar refractivity (Wildman–Crippen MR) is 85.1 cm³/mol. The molecule has 2 rings (SSSR count). The molecule has 96 valence electrons. The van der Waals surface area contributed by atoms with Gasteiger partial charge < -0.3 is 4.74 Å². The number of thiophene rings is 1. The number of halogens is 3. The maximum Gasteiger partial charge on any atom is 0.123 e. The summed E-state index contributed by atoms with van der Waals surface area (Å²) >= 11 is 15.2. The van der Waals surface area contributed by atoms with Crippen LogP contribution in [0.4, 0.5) is 0 Å². The van der Waals surface area contributed by atoms with Crippen LogP contribution in [0.15, 0.2) is 32.5 Å². The number of hydrogen-bond acceptors (Lipinski definition) is 2. The lowest BCUT2D eigenvalue weighted by molar-refractivity contribution is 0.410. The Balaban J connectivity index is 2.44. The van der Waals surface area contributed by atoms with Gasteiger partial charge in [0, 0.05) is 14.9 Å². The minimum atomic E-state index is -0.201. The topological polar surface area (TPSA) is 9.23 Å². The van der Waals surface area contributed by atoms with Gasteiger partial charge in [0.2, 0.25) is 0 Å². The highest BCUT2D eigenvalue weighted by molar-refractivity contribution is 9.13. The lowest BCUT2D eigenvalue weighted by Crippen LogP contribution is -1.96. The van der Waals surface area contributed by atoms with Crippen molar-refractivity contribution in [3.05, 3.63) is 48.5 Å². The molecule has 0 spiro atoms. The average molecular weight is 411 g/mol. The second-order valence-electron chi connectivity index (χ2n) is 3.88. The van der Waals surface area contributed by atoms with Crippen molar-refractivity contribution in [3.63, 3.8) is 0 Å². The minimum absolute atomic E-state index is 0.201. The molecule has 1 unspecified atom stereocenters. The van der Waals surface area contributed by atoms with E-state index in [1.54, 1.807) is 18.4 Å². The van der Waals surface area contributed by atoms with E-state index < -0.39 is 0 Å². The van der Waals surface area contributed by atoms with Crippen LogP contribution in [0.1, 0.15) is 21.4 Å². The standard InChI is InChI=1S/C13H11Br2ClOS/c1-7-3-4-10(17-2)8(5-7)12(16)11-6-9(14)13(15)18-11/h3-6,12H,1-2H3. The molecule has 0 aliphatic rings. The normalized spacial score (nSPS) is 12.5. The molecule has 0 radical (unpaired) electrons. The van der Waals surface area contributed by atoms with E-state index in [2.05, 4.69) is 37.9 Å². The van der Waals surface area contributed by atoms with Crippen LogP contribution >= 0.6 is 54.8 Å². The van der Waals surface area contributed by atoms with Gasteiger partial charge in [0.25, 0.3) is 0 Å². The van der Waals surface area contributed by atoms with Gasteiger partial charge in [-0.05, 0) is 50.9 Å². The van der Waals surface area contributed by atoms with Crippen LogP contribution in [-0.2, 0) is 0 Å². The molecular formula is C13H11Br2ClOS. The fourth-order valence-electron chi connectivity index (χ4n) is 1.69. The highest BCUT2D eigenvalue weighted by Crippen LogP contribution is 2.42. The molecule has 1 atom stereocenters. The number of methoxy groups -OCH3 is 1. The number of alkyl halides is 1. The Morgan fingerprint density at radius 3 is 2.56 bits per heavy atom. The van der Waals surface area contributed by atoms with E-state index in [9.17, 15) is 0 Å². The number of benzene rings is 1. The lowest BCUT2D eigenvalue weighted by atomic mass is 10.1. The molecule has 0 saturated heterocycles. The molecule has 1 heterocycles. The van der Waals surface area contributed by atoms with Gasteiger partial charge in [0.1, 0.15) is 5.75 Å². The smallest absolute Gasteiger partial charge is 0.123 e. The van der Waals surface area contributed by atoms with Crippen molar-refractivity contribution in [2.24, 2.45) is 0 Å². The number of ether oxygens (including phenoxy) is 1. The van der Waals surface area contributed by atoms with Crippen LogP contribution in [0.2, 0.25) is 0 Å². The predicted octanol–water partition coefficient (Wildman–Crippen LogP) is 5.92. The average Bonchev–Trinajstić information content (AvgIpc) is 2.68. The first-order valence-corrected chi connectivity index (χ1v) is 8.10. The molecule has 0 N–H and O–H groups in total. The monoisotopic (exact) mass is 408 g/mol. The molecule has 1 aromatic heterocycles. The Bertz CT molecular complexity index is 549. The Kier molecular flexibility index (Phi) is 4.75. The van der Waals surface area contributed by atoms with Gasteiger partial charge in [0.05, 0.1) is 16.3 Å². The quantitative estimate of drug-likeness (QED) is 0.571. The van der Waals surface area contributed by atoms with E-state index in [1.165, 1.54) is 5.56 Å². The summed E-state index contributed by atoms with van der Waals surface area (Å²) in [4.78, 5) is 1.08. The first kappa shape index (κ1) is 14.4. The van der Waals surface area contributed by atoms with Crippen LogP contribution in [0, 0.1) is 6.92 Å². The van der Waals surface area contributed by atoms with E-state index >= 15 is 0 Å². The minimum Gasteiger partial charge on any atom is -0.496 e. The summed E-state index contributed by atoms with van der Waals surface area (Å²) in [6, 6.07) is 8.08. The van der Waals surface area contributed by atoms with Gasteiger partial charge in [-0.15, -0.1) is 22.9 Å². The summed E-state index contributed by atoms with van der Waals surface area (Å²) in [7, 11) is 1.66. The molecule has 5 heteroatoms. The third kappa shape index (κ3) is 2.93. The van der Waals surface area contributed by atoms with Crippen LogP contribution in [0.3, 0.4) is 0 Å². The molecule has 0 fully saturated rings. The maximum atomic E-state index is 6.56. The van der Waals surface area contributed by atoms with Crippen molar-refractivity contribution in [1.82, 2.24) is 0 Å². The number of rotatable bonds is 3. The van der Waals surface area contributed by atoms with Crippen LogP contribution in [-0.4, -0.2) is 7.11 Å². The van der Waals surface area contributed by atoms with Gasteiger partial charge in [-0.2, -0.15) is 0 Å². The Morgan fingerprint density at radius 2 is 2.00 bits per heavy atom. The van der Waals surface area contributed by atoms with E-state index in [1.807, 2.05) is 25.1 Å². The van der Waals surface area contributed by atoms with E-state index in [0.717, 1.165) is 24.4 Å². The van der Waals surface area contributed by atoms with E-state index in [0.29, 0.717) is 0 Å². The summed E-state index contributed by atoms with van der Waals surface area (Å²) < 4.78 is 7.46. The Morgan fingerprint density at radius 1 is 1.28 bits per heavy atom. The molecular weight excluding hydrogens is 399 g/mol. The van der Waals surface area contributed by atoms with Crippen LogP contribution < -0.4 is 4.74 Å². The molecule has 0 aliphatic carbocycles. The second kappa shape index (κ2) is 5.95. The fourth-order valence-corrected chi connectivity index (χ4v) is 4.15. The van der Waals surface area contributed by atoms with Crippen molar-refractivity contribution < 1.29 is 4.74 Å². The van der Waals surface area contributed by atoms with E-state index in [-0.39, 0.29) is 5.38 Å². The van der Waals surface area contributed by atoms with Gasteiger partial charge in [0.15, 0.2) is 0 Å². The summed E-state index contributed by atoms with van der Waals surface area (Å²) in [5.41, 5.74) is 2.17. The zero-order chi connectivity index (χ0) is 13.3. The molecule has 1 aromatic carbocycles. The van der Waals surface area contributed by atoms with Crippen molar-refractivity contribution in [1.29, 1.82) is 0 Å². The molecule has 0 bridgehead atoms. The summed E-state index contributed by atoms with van der Waals surface area (Å²) in [6.45, 7) is 2.05. The highest BCUT2D eigenvalue weighted by atomic mass is 79.9. The summed E-state index contributed by atoms with van der Waals surface area (Å²) in [6.07, 6.45) is 0. The van der Waals surface area contributed by atoms with Gasteiger partial charge >= 0.3 is 0 Å². The van der Waals surface area contributed by atoms with Crippen molar-refractivity contribution >= 4 is 54.8 Å². The third-order valence-corrected chi connectivity index (χ3v) is 6.49. The molecule has 0 amide bonds. The number of aryl methyl sites for hydroxylation is 1. The highest BCUT2D eigenvalue weighted by Gasteiger charge is 2.19. The van der Waals surface area contributed by atoms with Crippen molar-refractivity contribution in [2.75, 3.05) is 7.11 Å². The molecule has 0 aliphatic heterocycles. The molecule has 2 aromatic rings. The SMILES string of the molecule is COc1ccc(C)cc1C(Cl)c1cc(Br)c(Br)s1. The first-order valence-electron chi connectivity index (χ1n) is 5.26. The van der Waals surface area contributed by atoms with Gasteiger partial charge in [-0.1, -0.05) is 17.7 Å². The van der Waals surface area contributed by atoms with Gasteiger partial charge in [-0.25, -0.2) is 0 Å². The van der Waals surface area contributed by atoms with Crippen LogP contribution in [0.25, 0.3) is 0 Å². The van der Waals surface area contributed by atoms with Crippen molar-refractivity contribution in [2.45, 2.75) is 12.3 Å². The zero-order valence-electron chi connectivity index (χ0n) is 9.84. The van der Waals surface area contributed by atoms with Crippen molar-refractivity contribution in [3.8, 4) is 5.75 Å². The fraction of sp³-hybridized carbons (Fsp3) is 0.231. The Labute approximate surface area is 132 Å². The lowest BCUT2D eigenvalue weighted by Gasteiger charge is -2.13. The largest absolute Gasteiger partial charge is 0.496 e. The summed E-state index contributed by atoms with van der Waals surface area (Å²) in [5.74, 6) is 0.821. The molecule has 1 nitrogen and oxygen atoms in total. The zero-order valence-corrected chi connectivity index (χ0v) is 14.6. The van der Waals surface area contributed by atoms with Crippen LogP contribution in [0.5, 0.6) is 5.75 Å². The second-order valence-corrected chi connectivity index (χ2v) is 7.57. The molecule has 18 heavy (non-hydrogen) atoms. The maximum absolute atomic E-state index is 6.56. The Hall–Kier alpha value is -0.0300. The number of hydrogen-bond donors (Lipinski definition) is 0. The summed E-state index contributed by atoms with van der Waals surface area (Å²) in [5, 5.41) is -0.201. The third-order valence-electron chi connectivity index (χ3n) is 2.57. The van der Waals surface area contributed by atoms with Gasteiger partial charge in [-0.3, -0.25) is 0 Å². The molecule has 0 saturated carbocycles.